The molecule has 1 unspecified atom stereocenters. The molecule has 1 aromatic heterocycles. The molecule has 0 aliphatic carbocycles. The van der Waals surface area contributed by atoms with Crippen molar-refractivity contribution in [1.29, 1.82) is 0 Å². The topological polar surface area (TPSA) is 21.1 Å². The van der Waals surface area contributed by atoms with E-state index in [-0.39, 0.29) is 0 Å². The zero-order valence-electron chi connectivity index (χ0n) is 21.2. The maximum absolute atomic E-state index is 4.84. The van der Waals surface area contributed by atoms with E-state index >= 15 is 0 Å². The number of rotatable bonds is 9. The minimum absolute atomic E-state index is 0.618. The lowest BCUT2D eigenvalue weighted by Crippen LogP contribution is -2.25. The number of unbranched alkanes of at least 4 members (excludes halogenated alkanes) is 1. The highest BCUT2D eigenvalue weighted by Crippen LogP contribution is 2.31. The van der Waals surface area contributed by atoms with Crippen molar-refractivity contribution in [2.75, 3.05) is 19.6 Å². The van der Waals surface area contributed by atoms with Crippen LogP contribution in [-0.4, -0.2) is 34.3 Å². The summed E-state index contributed by atoms with van der Waals surface area (Å²) in [6.45, 7) is 11.9. The van der Waals surface area contributed by atoms with Crippen LogP contribution in [-0.2, 0) is 13.5 Å². The van der Waals surface area contributed by atoms with Crippen LogP contribution in [0.2, 0.25) is 0 Å². The van der Waals surface area contributed by atoms with Crippen molar-refractivity contribution >= 4 is 0 Å². The Labute approximate surface area is 197 Å². The van der Waals surface area contributed by atoms with Crippen LogP contribution in [0.15, 0.2) is 54.6 Å². The Morgan fingerprint density at radius 1 is 0.969 bits per heavy atom. The van der Waals surface area contributed by atoms with Gasteiger partial charge >= 0.3 is 0 Å². The van der Waals surface area contributed by atoms with Crippen LogP contribution in [0.3, 0.4) is 0 Å². The summed E-state index contributed by atoms with van der Waals surface area (Å²) in [4.78, 5) is 2.65. The third kappa shape index (κ3) is 8.09. The van der Waals surface area contributed by atoms with Crippen molar-refractivity contribution in [2.24, 2.45) is 7.05 Å². The number of hydrogen-bond acceptors (Lipinski definition) is 2. The molecule has 0 bridgehead atoms. The molecule has 1 aliphatic rings. The third-order valence-electron chi connectivity index (χ3n) is 6.33. The first-order valence-corrected chi connectivity index (χ1v) is 12.8. The SMILES string of the molecule is C/C=C\CC/C=C/CCN1CCCC(c2cc(-c3ccc(CC)cc3)nn2C)CC1.CC. The van der Waals surface area contributed by atoms with E-state index in [4.69, 9.17) is 5.10 Å². The second-order valence-corrected chi connectivity index (χ2v) is 8.50. The number of benzene rings is 1. The minimum atomic E-state index is 0.618. The number of nitrogens with zero attached hydrogens (tertiary/aromatic N) is 3. The molecular weight excluding hydrogens is 390 g/mol. The molecule has 3 heteroatoms. The Balaban J connectivity index is 0.00000176. The Hall–Kier alpha value is -2.13. The molecule has 0 amide bonds. The fourth-order valence-corrected chi connectivity index (χ4v) is 4.44. The summed E-state index contributed by atoms with van der Waals surface area (Å²) in [7, 11) is 2.11. The third-order valence-corrected chi connectivity index (χ3v) is 6.33. The highest BCUT2D eigenvalue weighted by Gasteiger charge is 2.21. The summed E-state index contributed by atoms with van der Waals surface area (Å²) in [5.41, 5.74) is 5.12. The van der Waals surface area contributed by atoms with E-state index < -0.39 is 0 Å². The van der Waals surface area contributed by atoms with Gasteiger partial charge in [-0.2, -0.15) is 5.10 Å². The lowest BCUT2D eigenvalue weighted by atomic mass is 9.96. The van der Waals surface area contributed by atoms with Gasteiger partial charge in [0.2, 0.25) is 0 Å². The van der Waals surface area contributed by atoms with Crippen LogP contribution in [0.4, 0.5) is 0 Å². The summed E-state index contributed by atoms with van der Waals surface area (Å²) in [6.07, 6.45) is 17.4. The van der Waals surface area contributed by atoms with Gasteiger partial charge in [0.1, 0.15) is 0 Å². The first-order chi connectivity index (χ1) is 15.7. The standard InChI is InChI=1S/C27H39N3.C2H6/c1-4-6-7-8-9-10-11-19-30-20-12-13-25(18-21-30)27-22-26(28-29(27)3)24-16-14-23(5-2)15-17-24;1-2/h4,6,9-10,14-17,22,25H,5,7-8,11-13,18-21H2,1-3H3;1-2H3/b6-4-,10-9+;. The maximum atomic E-state index is 4.84. The molecule has 0 radical (unpaired) electrons. The summed E-state index contributed by atoms with van der Waals surface area (Å²) in [5.74, 6) is 0.618. The largest absolute Gasteiger partial charge is 0.303 e. The molecule has 1 atom stereocenters. The average molecular weight is 436 g/mol. The Morgan fingerprint density at radius 2 is 1.69 bits per heavy atom. The lowest BCUT2D eigenvalue weighted by Gasteiger charge is -2.19. The zero-order valence-corrected chi connectivity index (χ0v) is 21.2. The molecule has 1 fully saturated rings. The Kier molecular flexibility index (Phi) is 12.1. The first kappa shape index (κ1) is 26.1. The molecule has 176 valence electrons. The van der Waals surface area contributed by atoms with Gasteiger partial charge < -0.3 is 4.90 Å². The summed E-state index contributed by atoms with van der Waals surface area (Å²) >= 11 is 0. The summed E-state index contributed by atoms with van der Waals surface area (Å²) < 4.78 is 2.12. The van der Waals surface area contributed by atoms with Gasteiger partial charge in [-0.15, -0.1) is 0 Å². The normalized spacial score (nSPS) is 17.5. The minimum Gasteiger partial charge on any atom is -0.303 e. The highest BCUT2D eigenvalue weighted by atomic mass is 15.3. The molecule has 3 nitrogen and oxygen atoms in total. The smallest absolute Gasteiger partial charge is 0.0926 e. The monoisotopic (exact) mass is 435 g/mol. The van der Waals surface area contributed by atoms with Gasteiger partial charge in [-0.1, -0.05) is 69.3 Å². The molecule has 32 heavy (non-hydrogen) atoms. The Morgan fingerprint density at radius 3 is 2.41 bits per heavy atom. The molecule has 0 N–H and O–H groups in total. The maximum Gasteiger partial charge on any atom is 0.0926 e. The van der Waals surface area contributed by atoms with Gasteiger partial charge in [0.05, 0.1) is 5.69 Å². The van der Waals surface area contributed by atoms with E-state index in [2.05, 4.69) is 85.1 Å². The van der Waals surface area contributed by atoms with E-state index in [1.54, 1.807) is 0 Å². The quantitative estimate of drug-likeness (QED) is 0.299. The second-order valence-electron chi connectivity index (χ2n) is 8.50. The predicted molar refractivity (Wildman–Crippen MR) is 140 cm³/mol. The van der Waals surface area contributed by atoms with Gasteiger partial charge in [-0.05, 0) is 76.6 Å². The summed E-state index contributed by atoms with van der Waals surface area (Å²) in [6, 6.07) is 11.2. The van der Waals surface area contributed by atoms with Crippen LogP contribution >= 0.6 is 0 Å². The molecule has 2 heterocycles. The van der Waals surface area contributed by atoms with Crippen molar-refractivity contribution in [1.82, 2.24) is 14.7 Å². The molecule has 0 saturated carbocycles. The Bertz CT molecular complexity index is 813. The van der Waals surface area contributed by atoms with Crippen LogP contribution in [0.5, 0.6) is 0 Å². The fraction of sp³-hybridized carbons (Fsp3) is 0.552. The van der Waals surface area contributed by atoms with Gasteiger partial charge in [0.25, 0.3) is 0 Å². The molecular formula is C29H45N3. The highest BCUT2D eigenvalue weighted by molar-refractivity contribution is 5.60. The fourth-order valence-electron chi connectivity index (χ4n) is 4.44. The number of likely N-dealkylation sites (tertiary alicyclic amines) is 1. The molecule has 1 saturated heterocycles. The second kappa shape index (κ2) is 14.8. The summed E-state index contributed by atoms with van der Waals surface area (Å²) in [5, 5.41) is 4.84. The van der Waals surface area contributed by atoms with Crippen molar-refractivity contribution in [3.05, 3.63) is 65.9 Å². The number of aryl methyl sites for hydroxylation is 2. The van der Waals surface area contributed by atoms with Crippen LogP contribution < -0.4 is 0 Å². The van der Waals surface area contributed by atoms with E-state index in [0.717, 1.165) is 25.0 Å². The van der Waals surface area contributed by atoms with Crippen LogP contribution in [0.25, 0.3) is 11.3 Å². The van der Waals surface area contributed by atoms with Gasteiger partial charge in [0.15, 0.2) is 0 Å². The van der Waals surface area contributed by atoms with Gasteiger partial charge in [0, 0.05) is 30.8 Å². The molecule has 1 aromatic carbocycles. The predicted octanol–water partition coefficient (Wildman–Crippen LogP) is 7.55. The van der Waals surface area contributed by atoms with Crippen molar-refractivity contribution < 1.29 is 0 Å². The van der Waals surface area contributed by atoms with Gasteiger partial charge in [-0.3, -0.25) is 4.68 Å². The molecule has 3 rings (SSSR count). The van der Waals surface area contributed by atoms with Crippen molar-refractivity contribution in [3.63, 3.8) is 0 Å². The molecule has 0 spiro atoms. The molecule has 1 aliphatic heterocycles. The lowest BCUT2D eigenvalue weighted by molar-refractivity contribution is 0.289. The van der Waals surface area contributed by atoms with Crippen molar-refractivity contribution in [3.8, 4) is 11.3 Å². The van der Waals surface area contributed by atoms with E-state index in [1.165, 1.54) is 62.1 Å². The number of allylic oxidation sites excluding steroid dienone is 3. The number of aromatic nitrogens is 2. The van der Waals surface area contributed by atoms with Crippen LogP contribution in [0, 0.1) is 0 Å². The van der Waals surface area contributed by atoms with Crippen LogP contribution in [0.1, 0.15) is 83.4 Å². The average Bonchev–Trinajstić information content (AvgIpc) is 3.07. The van der Waals surface area contributed by atoms with Gasteiger partial charge in [-0.25, -0.2) is 0 Å². The van der Waals surface area contributed by atoms with E-state index in [0.29, 0.717) is 5.92 Å². The number of hydrogen-bond donors (Lipinski definition) is 0. The molecule has 2 aromatic rings. The first-order valence-electron chi connectivity index (χ1n) is 12.8. The van der Waals surface area contributed by atoms with E-state index in [9.17, 15) is 0 Å². The zero-order chi connectivity index (χ0) is 23.2. The van der Waals surface area contributed by atoms with E-state index in [1.807, 2.05) is 13.8 Å². The van der Waals surface area contributed by atoms with Crippen molar-refractivity contribution in [2.45, 2.75) is 78.6 Å².